The summed E-state index contributed by atoms with van der Waals surface area (Å²) in [5.41, 5.74) is -0.606. The van der Waals surface area contributed by atoms with E-state index < -0.39 is 44.6 Å². The molecule has 0 saturated carbocycles. The summed E-state index contributed by atoms with van der Waals surface area (Å²) in [6.07, 6.45) is -3.52. The maximum atomic E-state index is 11.5. The summed E-state index contributed by atoms with van der Waals surface area (Å²) in [6.45, 7) is 5.44. The lowest BCUT2D eigenvalue weighted by Gasteiger charge is -2.26. The largest absolute Gasteiger partial charge is 0.444 e. The topological polar surface area (TPSA) is 131 Å². The van der Waals surface area contributed by atoms with Crippen LogP contribution < -0.4 is 10.6 Å². The summed E-state index contributed by atoms with van der Waals surface area (Å²) < 4.78 is 32.5. The second kappa shape index (κ2) is 8.06. The monoisotopic (exact) mass is 370 g/mol. The van der Waals surface area contributed by atoms with Crippen molar-refractivity contribution in [1.82, 2.24) is 10.6 Å². The number of ether oxygens (including phenoxy) is 2. The van der Waals surface area contributed by atoms with Crippen LogP contribution >= 0.6 is 10.8 Å². The molecular formula is C12H22N2O7S2. The van der Waals surface area contributed by atoms with Crippen LogP contribution in [-0.4, -0.2) is 68.1 Å². The SMILES string of the molecule is CC(C)(C)OC(=O)NCCNC(=O)OC1CSS(=O)(=O)CC1O. The van der Waals surface area contributed by atoms with E-state index in [-0.39, 0.29) is 18.8 Å². The van der Waals surface area contributed by atoms with E-state index >= 15 is 0 Å². The molecule has 1 heterocycles. The Balaban J connectivity index is 2.21. The van der Waals surface area contributed by atoms with E-state index in [9.17, 15) is 23.1 Å². The summed E-state index contributed by atoms with van der Waals surface area (Å²) in [5, 5.41) is 14.5. The third-order valence-electron chi connectivity index (χ3n) is 2.54. The first-order valence-corrected chi connectivity index (χ1v) is 10.1. The molecule has 2 unspecified atom stereocenters. The number of amides is 2. The second-order valence-corrected chi connectivity index (χ2v) is 10.1. The standard InChI is InChI=1S/C12H22N2O7S2/c1-12(2,3)21-11(17)14-5-4-13-10(16)20-9-6-22-23(18,19)7-8(9)15/h8-9,15H,4-7H2,1-3H3,(H,13,16)(H,14,17). The van der Waals surface area contributed by atoms with Crippen molar-refractivity contribution < 1.29 is 32.6 Å². The van der Waals surface area contributed by atoms with E-state index in [0.29, 0.717) is 10.8 Å². The maximum absolute atomic E-state index is 11.5. The normalized spacial score (nSPS) is 23.7. The highest BCUT2D eigenvalue weighted by molar-refractivity contribution is 8.72. The lowest BCUT2D eigenvalue weighted by atomic mass is 10.2. The van der Waals surface area contributed by atoms with E-state index in [1.54, 1.807) is 20.8 Å². The van der Waals surface area contributed by atoms with Gasteiger partial charge in [-0.1, -0.05) is 0 Å². The van der Waals surface area contributed by atoms with Gasteiger partial charge in [0.25, 0.3) is 0 Å². The first kappa shape index (κ1) is 19.8. The molecule has 1 rings (SSSR count). The fourth-order valence-electron chi connectivity index (χ4n) is 1.58. The molecule has 9 nitrogen and oxygen atoms in total. The van der Waals surface area contributed by atoms with Gasteiger partial charge < -0.3 is 25.2 Å². The van der Waals surface area contributed by atoms with E-state index in [1.807, 2.05) is 0 Å². The van der Waals surface area contributed by atoms with Crippen molar-refractivity contribution in [3.8, 4) is 0 Å². The molecule has 0 aromatic heterocycles. The molecule has 11 heteroatoms. The molecule has 134 valence electrons. The Bertz CT molecular complexity index is 530. The second-order valence-electron chi connectivity index (χ2n) is 5.88. The van der Waals surface area contributed by atoms with E-state index in [0.717, 1.165) is 0 Å². The zero-order chi connectivity index (χ0) is 17.7. The molecule has 1 fully saturated rings. The molecule has 2 amide bonds. The molecular weight excluding hydrogens is 348 g/mol. The molecule has 1 aliphatic rings. The predicted octanol–water partition coefficient (Wildman–Crippen LogP) is 0.0434. The summed E-state index contributed by atoms with van der Waals surface area (Å²) >= 11 is 0. The zero-order valence-corrected chi connectivity index (χ0v) is 14.8. The lowest BCUT2D eigenvalue weighted by Crippen LogP contribution is -2.44. The minimum Gasteiger partial charge on any atom is -0.444 e. The quantitative estimate of drug-likeness (QED) is 0.467. The number of rotatable bonds is 4. The average Bonchev–Trinajstić information content (AvgIpc) is 2.35. The fraction of sp³-hybridized carbons (Fsp3) is 0.833. The van der Waals surface area contributed by atoms with Crippen molar-refractivity contribution in [2.45, 2.75) is 38.6 Å². The van der Waals surface area contributed by atoms with Gasteiger partial charge in [-0.25, -0.2) is 18.0 Å². The lowest BCUT2D eigenvalue weighted by molar-refractivity contribution is 0.0258. The van der Waals surface area contributed by atoms with Crippen LogP contribution in [0.2, 0.25) is 0 Å². The Morgan fingerprint density at radius 1 is 1.22 bits per heavy atom. The summed E-state index contributed by atoms with van der Waals surface area (Å²) in [4.78, 5) is 22.9. The van der Waals surface area contributed by atoms with Crippen LogP contribution in [0.4, 0.5) is 9.59 Å². The van der Waals surface area contributed by atoms with Crippen LogP contribution in [0.5, 0.6) is 0 Å². The highest BCUT2D eigenvalue weighted by atomic mass is 33.1. The van der Waals surface area contributed by atoms with Gasteiger partial charge in [0.1, 0.15) is 17.8 Å². The third kappa shape index (κ3) is 8.28. The number of nitrogens with one attached hydrogen (secondary N) is 2. The molecule has 0 aromatic rings. The van der Waals surface area contributed by atoms with Gasteiger partial charge in [-0.3, -0.25) is 0 Å². The molecule has 1 saturated heterocycles. The van der Waals surface area contributed by atoms with Crippen molar-refractivity contribution >= 4 is 31.8 Å². The number of aliphatic hydroxyl groups is 1. The van der Waals surface area contributed by atoms with Gasteiger partial charge in [-0.05, 0) is 31.6 Å². The Labute approximate surface area is 138 Å². The number of hydrogen-bond acceptors (Lipinski definition) is 8. The third-order valence-corrected chi connectivity index (χ3v) is 6.00. The minimum atomic E-state index is -3.35. The number of alkyl carbamates (subject to hydrolysis) is 2. The maximum Gasteiger partial charge on any atom is 0.407 e. The van der Waals surface area contributed by atoms with Crippen molar-refractivity contribution in [2.75, 3.05) is 24.6 Å². The number of aliphatic hydroxyl groups excluding tert-OH is 1. The highest BCUT2D eigenvalue weighted by Crippen LogP contribution is 2.25. The fourth-order valence-corrected chi connectivity index (χ4v) is 4.67. The van der Waals surface area contributed by atoms with Crippen molar-refractivity contribution in [3.05, 3.63) is 0 Å². The summed E-state index contributed by atoms with van der Waals surface area (Å²) in [6, 6.07) is 0. The van der Waals surface area contributed by atoms with Gasteiger partial charge >= 0.3 is 12.2 Å². The van der Waals surface area contributed by atoms with Crippen LogP contribution in [0.1, 0.15) is 20.8 Å². The van der Waals surface area contributed by atoms with Gasteiger partial charge in [0.05, 0.1) is 5.75 Å². The molecule has 1 aliphatic heterocycles. The highest BCUT2D eigenvalue weighted by Gasteiger charge is 2.35. The average molecular weight is 370 g/mol. The number of carbonyl (C=O) groups is 2. The molecule has 0 spiro atoms. The van der Waals surface area contributed by atoms with Crippen LogP contribution in [0.25, 0.3) is 0 Å². The summed E-state index contributed by atoms with van der Waals surface area (Å²) in [5.74, 6) is -0.469. The van der Waals surface area contributed by atoms with E-state index in [4.69, 9.17) is 9.47 Å². The number of carbonyl (C=O) groups excluding carboxylic acids is 2. The Hall–Kier alpha value is -1.20. The van der Waals surface area contributed by atoms with Crippen LogP contribution in [0, 0.1) is 0 Å². The number of hydrogen-bond donors (Lipinski definition) is 3. The van der Waals surface area contributed by atoms with Crippen molar-refractivity contribution in [2.24, 2.45) is 0 Å². The molecule has 0 aromatic carbocycles. The van der Waals surface area contributed by atoms with Gasteiger partial charge in [-0.15, -0.1) is 0 Å². The smallest absolute Gasteiger partial charge is 0.407 e. The predicted molar refractivity (Wildman–Crippen MR) is 84.8 cm³/mol. The summed E-state index contributed by atoms with van der Waals surface area (Å²) in [7, 11) is -2.71. The molecule has 23 heavy (non-hydrogen) atoms. The Morgan fingerprint density at radius 2 is 1.78 bits per heavy atom. The van der Waals surface area contributed by atoms with Gasteiger partial charge in [0, 0.05) is 18.8 Å². The van der Waals surface area contributed by atoms with Crippen molar-refractivity contribution in [3.63, 3.8) is 0 Å². The van der Waals surface area contributed by atoms with E-state index in [2.05, 4.69) is 10.6 Å². The minimum absolute atomic E-state index is 0.0208. The van der Waals surface area contributed by atoms with Crippen LogP contribution in [0.3, 0.4) is 0 Å². The molecule has 0 bridgehead atoms. The Kier molecular flexibility index (Phi) is 6.96. The van der Waals surface area contributed by atoms with Crippen LogP contribution in [0.15, 0.2) is 0 Å². The van der Waals surface area contributed by atoms with Gasteiger partial charge in [0.15, 0.2) is 0 Å². The molecule has 0 aliphatic carbocycles. The Morgan fingerprint density at radius 3 is 2.30 bits per heavy atom. The van der Waals surface area contributed by atoms with E-state index in [1.165, 1.54) is 0 Å². The molecule has 0 radical (unpaired) electrons. The van der Waals surface area contributed by atoms with Gasteiger partial charge in [0.2, 0.25) is 8.87 Å². The first-order valence-electron chi connectivity index (χ1n) is 6.95. The van der Waals surface area contributed by atoms with Crippen LogP contribution in [-0.2, 0) is 18.3 Å². The van der Waals surface area contributed by atoms with Gasteiger partial charge in [-0.2, -0.15) is 0 Å². The zero-order valence-electron chi connectivity index (χ0n) is 13.2. The molecule has 3 N–H and O–H groups in total. The van der Waals surface area contributed by atoms with Crippen molar-refractivity contribution in [1.29, 1.82) is 0 Å². The molecule has 2 atom stereocenters. The first-order chi connectivity index (χ1) is 10.5.